The molecule has 3 aromatic rings. The smallest absolute Gasteiger partial charge is 0.234 e. The predicted octanol–water partition coefficient (Wildman–Crippen LogP) is 3.65. The number of rotatable bonds is 8. The zero-order valence-corrected chi connectivity index (χ0v) is 17.7. The van der Waals surface area contributed by atoms with Gasteiger partial charge in [-0.15, -0.1) is 10.2 Å². The fourth-order valence-corrected chi connectivity index (χ4v) is 3.36. The van der Waals surface area contributed by atoms with Crippen LogP contribution in [0.3, 0.4) is 0 Å². The molecule has 0 aliphatic rings. The van der Waals surface area contributed by atoms with Crippen molar-refractivity contribution in [1.82, 2.24) is 14.9 Å². The highest BCUT2D eigenvalue weighted by Crippen LogP contribution is 2.29. The molecule has 29 heavy (non-hydrogen) atoms. The molecule has 2 aromatic carbocycles. The summed E-state index contributed by atoms with van der Waals surface area (Å²) in [6.45, 7) is 0.376. The fourth-order valence-electron chi connectivity index (χ4n) is 2.33. The molecule has 1 heterocycles. The van der Waals surface area contributed by atoms with Crippen molar-refractivity contribution >= 4 is 52.2 Å². The average molecular weight is 453 g/mol. The van der Waals surface area contributed by atoms with Crippen LogP contribution in [-0.2, 0) is 11.3 Å². The zero-order valence-electron chi connectivity index (χ0n) is 15.4. The predicted molar refractivity (Wildman–Crippen MR) is 116 cm³/mol. The second kappa shape index (κ2) is 9.73. The van der Waals surface area contributed by atoms with Crippen LogP contribution in [0.25, 0.3) is 0 Å². The van der Waals surface area contributed by atoms with Gasteiger partial charge in [0.25, 0.3) is 0 Å². The first-order valence-corrected chi connectivity index (χ1v) is 10.2. The van der Waals surface area contributed by atoms with Crippen LogP contribution in [0.15, 0.2) is 47.6 Å². The van der Waals surface area contributed by atoms with Crippen molar-refractivity contribution in [1.29, 1.82) is 0 Å². The third-order valence-corrected chi connectivity index (χ3v) is 5.60. The van der Waals surface area contributed by atoms with Crippen molar-refractivity contribution in [3.63, 3.8) is 0 Å². The Balaban J connectivity index is 1.53. The van der Waals surface area contributed by atoms with Gasteiger partial charge in [-0.1, -0.05) is 41.0 Å². The van der Waals surface area contributed by atoms with E-state index in [9.17, 15) is 4.79 Å². The number of nitrogen functional groups attached to an aromatic ring is 1. The maximum Gasteiger partial charge on any atom is 0.234 e. The number of ether oxygens (including phenoxy) is 1. The molecule has 0 saturated heterocycles. The molecule has 1 aromatic heterocycles. The summed E-state index contributed by atoms with van der Waals surface area (Å²) in [6.07, 6.45) is 0. The Kier molecular flexibility index (Phi) is 7.08. The van der Waals surface area contributed by atoms with E-state index in [1.54, 1.807) is 25.3 Å². The standard InChI is InChI=1S/C18H18Cl2N6O2S/c1-28-12-7-5-11(6-8-12)22-9-15-24-25-18(26(15)21)29-10-16(27)23-14-4-2-3-13(19)17(14)20/h2-8,22H,9-10,21H2,1H3,(H,23,27). The van der Waals surface area contributed by atoms with Crippen molar-refractivity contribution in [2.45, 2.75) is 11.7 Å². The molecule has 0 spiro atoms. The number of hydrogen-bond acceptors (Lipinski definition) is 7. The highest BCUT2D eigenvalue weighted by atomic mass is 35.5. The lowest BCUT2D eigenvalue weighted by Crippen LogP contribution is -2.18. The van der Waals surface area contributed by atoms with E-state index in [0.717, 1.165) is 23.2 Å². The molecule has 11 heteroatoms. The number of nitrogens with two attached hydrogens (primary N) is 1. The van der Waals surface area contributed by atoms with Gasteiger partial charge in [0, 0.05) is 5.69 Å². The van der Waals surface area contributed by atoms with Crippen LogP contribution in [0.2, 0.25) is 10.0 Å². The average Bonchev–Trinajstić information content (AvgIpc) is 3.08. The summed E-state index contributed by atoms with van der Waals surface area (Å²) in [7, 11) is 1.61. The van der Waals surface area contributed by atoms with Gasteiger partial charge in [-0.05, 0) is 36.4 Å². The first kappa shape index (κ1) is 21.1. The number of thioether (sulfide) groups is 1. The van der Waals surface area contributed by atoms with Gasteiger partial charge in [0.05, 0.1) is 35.1 Å². The molecule has 0 bridgehead atoms. The zero-order chi connectivity index (χ0) is 20.8. The third kappa shape index (κ3) is 5.47. The van der Waals surface area contributed by atoms with E-state index in [4.69, 9.17) is 33.8 Å². The van der Waals surface area contributed by atoms with E-state index in [-0.39, 0.29) is 11.7 Å². The van der Waals surface area contributed by atoms with Crippen LogP contribution < -0.4 is 21.2 Å². The Morgan fingerprint density at radius 2 is 1.97 bits per heavy atom. The number of carbonyl (C=O) groups is 1. The molecule has 152 valence electrons. The summed E-state index contributed by atoms with van der Waals surface area (Å²) in [6, 6.07) is 12.5. The molecule has 0 fully saturated rings. The van der Waals surface area contributed by atoms with Crippen molar-refractivity contribution in [3.05, 3.63) is 58.3 Å². The summed E-state index contributed by atoms with van der Waals surface area (Å²) in [4.78, 5) is 12.2. The van der Waals surface area contributed by atoms with Crippen molar-refractivity contribution in [3.8, 4) is 5.75 Å². The van der Waals surface area contributed by atoms with Gasteiger partial charge in [-0.3, -0.25) is 4.79 Å². The quantitative estimate of drug-likeness (QED) is 0.353. The second-order valence-electron chi connectivity index (χ2n) is 5.79. The van der Waals surface area contributed by atoms with Crippen LogP contribution in [0.5, 0.6) is 5.75 Å². The van der Waals surface area contributed by atoms with E-state index < -0.39 is 0 Å². The topological polar surface area (TPSA) is 107 Å². The molecular formula is C18H18Cl2N6O2S. The lowest BCUT2D eigenvalue weighted by Gasteiger charge is -2.08. The summed E-state index contributed by atoms with van der Waals surface area (Å²) in [5.74, 6) is 7.16. The normalized spacial score (nSPS) is 10.6. The molecule has 3 rings (SSSR count). The van der Waals surface area contributed by atoms with E-state index in [0.29, 0.717) is 33.3 Å². The number of halogens is 2. The number of anilines is 2. The number of methoxy groups -OCH3 is 1. The molecular weight excluding hydrogens is 435 g/mol. The fraction of sp³-hybridized carbons (Fsp3) is 0.167. The molecule has 0 saturated carbocycles. The Morgan fingerprint density at radius 3 is 2.69 bits per heavy atom. The van der Waals surface area contributed by atoms with E-state index in [1.165, 1.54) is 4.68 Å². The number of carbonyl (C=O) groups excluding carboxylic acids is 1. The number of aromatic nitrogens is 3. The summed E-state index contributed by atoms with van der Waals surface area (Å²) >= 11 is 13.2. The summed E-state index contributed by atoms with van der Waals surface area (Å²) < 4.78 is 6.47. The van der Waals surface area contributed by atoms with Crippen molar-refractivity contribution in [2.24, 2.45) is 0 Å². The number of benzene rings is 2. The molecule has 1 amide bonds. The third-order valence-electron chi connectivity index (χ3n) is 3.83. The Labute approximate surface area is 181 Å². The van der Waals surface area contributed by atoms with Crippen molar-refractivity contribution in [2.75, 3.05) is 29.3 Å². The van der Waals surface area contributed by atoms with E-state index in [2.05, 4.69) is 20.8 Å². The molecule has 8 nitrogen and oxygen atoms in total. The van der Waals surface area contributed by atoms with Gasteiger partial charge in [0.1, 0.15) is 5.75 Å². The molecule has 0 aliphatic carbocycles. The maximum absolute atomic E-state index is 12.2. The molecule has 0 atom stereocenters. The van der Waals surface area contributed by atoms with Crippen molar-refractivity contribution < 1.29 is 9.53 Å². The minimum atomic E-state index is -0.264. The summed E-state index contributed by atoms with van der Waals surface area (Å²) in [5.41, 5.74) is 1.34. The highest BCUT2D eigenvalue weighted by Gasteiger charge is 2.13. The lowest BCUT2D eigenvalue weighted by atomic mass is 10.3. The molecule has 0 radical (unpaired) electrons. The molecule has 4 N–H and O–H groups in total. The van der Waals surface area contributed by atoms with Crippen LogP contribution in [0.1, 0.15) is 5.82 Å². The minimum absolute atomic E-state index is 0.0874. The Morgan fingerprint density at radius 1 is 1.21 bits per heavy atom. The lowest BCUT2D eigenvalue weighted by molar-refractivity contribution is -0.113. The van der Waals surface area contributed by atoms with Crippen LogP contribution in [0, 0.1) is 0 Å². The van der Waals surface area contributed by atoms with Crippen LogP contribution in [-0.4, -0.2) is 33.6 Å². The van der Waals surface area contributed by atoms with Crippen LogP contribution >= 0.6 is 35.0 Å². The summed E-state index contributed by atoms with van der Waals surface area (Å²) in [5, 5.41) is 15.1. The van der Waals surface area contributed by atoms with Gasteiger partial charge < -0.3 is 21.2 Å². The van der Waals surface area contributed by atoms with Crippen LogP contribution in [0.4, 0.5) is 11.4 Å². The Hall–Kier alpha value is -2.62. The Bertz CT molecular complexity index is 997. The number of hydrogen-bond donors (Lipinski definition) is 3. The number of nitrogens with zero attached hydrogens (tertiary/aromatic N) is 3. The first-order valence-electron chi connectivity index (χ1n) is 8.42. The van der Waals surface area contributed by atoms with Gasteiger partial charge in [-0.2, -0.15) is 0 Å². The molecule has 0 aliphatic heterocycles. The molecule has 0 unspecified atom stereocenters. The monoisotopic (exact) mass is 452 g/mol. The van der Waals surface area contributed by atoms with Gasteiger partial charge in [0.15, 0.2) is 5.82 Å². The minimum Gasteiger partial charge on any atom is -0.497 e. The maximum atomic E-state index is 12.2. The van der Waals surface area contributed by atoms with Gasteiger partial charge >= 0.3 is 0 Å². The first-order chi connectivity index (χ1) is 14.0. The van der Waals surface area contributed by atoms with Gasteiger partial charge in [-0.25, -0.2) is 4.68 Å². The largest absolute Gasteiger partial charge is 0.497 e. The van der Waals surface area contributed by atoms with E-state index in [1.807, 2.05) is 24.3 Å². The second-order valence-corrected chi connectivity index (χ2v) is 7.52. The number of nitrogens with one attached hydrogen (secondary N) is 2. The highest BCUT2D eigenvalue weighted by molar-refractivity contribution is 7.99. The van der Waals surface area contributed by atoms with E-state index >= 15 is 0 Å². The van der Waals surface area contributed by atoms with Gasteiger partial charge in [0.2, 0.25) is 11.1 Å². The number of amides is 1. The SMILES string of the molecule is COc1ccc(NCc2nnc(SCC(=O)Nc3cccc(Cl)c3Cl)n2N)cc1.